The van der Waals surface area contributed by atoms with E-state index >= 15 is 0 Å². The predicted molar refractivity (Wildman–Crippen MR) is 195 cm³/mol. The minimum Gasteiger partial charge on any atom is -0.481 e. The van der Waals surface area contributed by atoms with Crippen molar-refractivity contribution >= 4 is 11.9 Å². The summed E-state index contributed by atoms with van der Waals surface area (Å²) in [5.74, 6) is -0.770. The zero-order chi connectivity index (χ0) is 32.9. The number of rotatable bonds is 35. The van der Waals surface area contributed by atoms with Crippen LogP contribution in [0.2, 0.25) is 0 Å². The van der Waals surface area contributed by atoms with E-state index in [1.54, 1.807) is 0 Å². The van der Waals surface area contributed by atoms with Crippen molar-refractivity contribution in [1.29, 1.82) is 0 Å². The van der Waals surface area contributed by atoms with Gasteiger partial charge in [-0.2, -0.15) is 0 Å². The van der Waals surface area contributed by atoms with Crippen LogP contribution in [0.4, 0.5) is 0 Å². The summed E-state index contributed by atoms with van der Waals surface area (Å²) >= 11 is 0. The molecule has 45 heavy (non-hydrogen) atoms. The Hall–Kier alpha value is -1.84. The lowest BCUT2D eigenvalue weighted by molar-refractivity contribution is -0.150. The predicted octanol–water partition coefficient (Wildman–Crippen LogP) is 13.4. The SMILES string of the molecule is CCCCC/C=C\C/C=C\CCCC/C=C\CCCCCCCC(=O)OC(CCCCCCCCCC)CCCCCC(=O)O. The van der Waals surface area contributed by atoms with Crippen LogP contribution in [0.15, 0.2) is 36.5 Å². The quantitative estimate of drug-likeness (QED) is 0.0430. The Balaban J connectivity index is 3.85. The number of unbranched alkanes of at least 4 members (excludes halogenated alkanes) is 20. The van der Waals surface area contributed by atoms with Gasteiger partial charge < -0.3 is 9.84 Å². The Kier molecular flexibility index (Phi) is 35.1. The molecule has 262 valence electrons. The van der Waals surface area contributed by atoms with Crippen LogP contribution in [0.25, 0.3) is 0 Å². The Morgan fingerprint density at radius 3 is 1.42 bits per heavy atom. The smallest absolute Gasteiger partial charge is 0.306 e. The van der Waals surface area contributed by atoms with E-state index in [0.717, 1.165) is 51.4 Å². The summed E-state index contributed by atoms with van der Waals surface area (Å²) in [5, 5.41) is 8.86. The highest BCUT2D eigenvalue weighted by molar-refractivity contribution is 5.69. The van der Waals surface area contributed by atoms with Crippen molar-refractivity contribution < 1.29 is 19.4 Å². The number of hydrogen-bond donors (Lipinski definition) is 1. The standard InChI is InChI=1S/C41H74O4/c1-3-5-7-9-11-13-14-15-16-17-18-19-20-21-22-23-24-25-27-29-34-38-41(44)45-39(36-32-30-33-37-40(42)43)35-31-28-26-12-10-8-6-4-2/h11,13,15-16,21-22,39H,3-10,12,14,17-20,23-38H2,1-2H3,(H,42,43)/b13-11-,16-15-,22-21-. The minimum atomic E-state index is -0.727. The second-order valence-corrected chi connectivity index (χ2v) is 13.1. The summed E-state index contributed by atoms with van der Waals surface area (Å²) in [6.07, 6.45) is 47.3. The van der Waals surface area contributed by atoms with Crippen molar-refractivity contribution in [3.63, 3.8) is 0 Å². The molecule has 4 nitrogen and oxygen atoms in total. The van der Waals surface area contributed by atoms with Crippen molar-refractivity contribution in [3.05, 3.63) is 36.5 Å². The average molecular weight is 631 g/mol. The number of aliphatic carboxylic acids is 1. The van der Waals surface area contributed by atoms with Gasteiger partial charge in [-0.15, -0.1) is 0 Å². The lowest BCUT2D eigenvalue weighted by atomic mass is 10.0. The van der Waals surface area contributed by atoms with Crippen LogP contribution in [0.5, 0.6) is 0 Å². The largest absolute Gasteiger partial charge is 0.481 e. The summed E-state index contributed by atoms with van der Waals surface area (Å²) in [7, 11) is 0. The van der Waals surface area contributed by atoms with Crippen molar-refractivity contribution in [3.8, 4) is 0 Å². The van der Waals surface area contributed by atoms with Crippen LogP contribution in [0.1, 0.15) is 206 Å². The van der Waals surface area contributed by atoms with Crippen LogP contribution in [0, 0.1) is 0 Å². The van der Waals surface area contributed by atoms with E-state index in [9.17, 15) is 9.59 Å². The van der Waals surface area contributed by atoms with Crippen molar-refractivity contribution in [2.75, 3.05) is 0 Å². The molecule has 0 heterocycles. The van der Waals surface area contributed by atoms with Gasteiger partial charge in [-0.05, 0) is 96.3 Å². The third-order valence-electron chi connectivity index (χ3n) is 8.58. The van der Waals surface area contributed by atoms with Crippen molar-refractivity contribution in [2.24, 2.45) is 0 Å². The van der Waals surface area contributed by atoms with E-state index in [1.165, 1.54) is 122 Å². The van der Waals surface area contributed by atoms with Crippen LogP contribution in [-0.4, -0.2) is 23.1 Å². The summed E-state index contributed by atoms with van der Waals surface area (Å²) in [5.41, 5.74) is 0. The Bertz CT molecular complexity index is 723. The van der Waals surface area contributed by atoms with Crippen molar-refractivity contribution in [2.45, 2.75) is 213 Å². The molecule has 0 aliphatic carbocycles. The van der Waals surface area contributed by atoms with Gasteiger partial charge in [-0.3, -0.25) is 9.59 Å². The van der Waals surface area contributed by atoms with Crippen molar-refractivity contribution in [1.82, 2.24) is 0 Å². The highest BCUT2D eigenvalue weighted by Crippen LogP contribution is 2.18. The first-order valence-corrected chi connectivity index (χ1v) is 19.5. The topological polar surface area (TPSA) is 63.6 Å². The fourth-order valence-corrected chi connectivity index (χ4v) is 5.68. The molecule has 0 rings (SSSR count). The molecule has 0 aromatic carbocycles. The average Bonchev–Trinajstić information content (AvgIpc) is 3.02. The number of carboxylic acid groups (broad SMARTS) is 1. The zero-order valence-corrected chi connectivity index (χ0v) is 29.9. The van der Waals surface area contributed by atoms with Gasteiger partial charge >= 0.3 is 11.9 Å². The molecule has 0 aliphatic heterocycles. The molecule has 0 aromatic heterocycles. The van der Waals surface area contributed by atoms with Gasteiger partial charge in [0, 0.05) is 12.8 Å². The summed E-state index contributed by atoms with van der Waals surface area (Å²) in [6.45, 7) is 4.50. The van der Waals surface area contributed by atoms with E-state index < -0.39 is 5.97 Å². The number of esters is 1. The molecule has 0 saturated heterocycles. The third kappa shape index (κ3) is 36.5. The molecule has 1 N–H and O–H groups in total. The molecule has 0 aliphatic rings. The van der Waals surface area contributed by atoms with E-state index in [0.29, 0.717) is 12.8 Å². The third-order valence-corrected chi connectivity index (χ3v) is 8.58. The monoisotopic (exact) mass is 631 g/mol. The fourth-order valence-electron chi connectivity index (χ4n) is 5.68. The molecule has 0 spiro atoms. The number of carbonyl (C=O) groups excluding carboxylic acids is 1. The lowest BCUT2D eigenvalue weighted by Gasteiger charge is -2.18. The lowest BCUT2D eigenvalue weighted by Crippen LogP contribution is -2.18. The molecule has 4 heteroatoms. The Morgan fingerprint density at radius 2 is 0.867 bits per heavy atom. The molecule has 0 amide bonds. The fraction of sp³-hybridized carbons (Fsp3) is 0.805. The molecule has 0 aromatic rings. The van der Waals surface area contributed by atoms with Gasteiger partial charge in [0.2, 0.25) is 0 Å². The second-order valence-electron chi connectivity index (χ2n) is 13.1. The molecular weight excluding hydrogens is 556 g/mol. The molecule has 1 atom stereocenters. The van der Waals surface area contributed by atoms with Crippen LogP contribution in [0.3, 0.4) is 0 Å². The number of carboxylic acids is 1. The van der Waals surface area contributed by atoms with E-state index in [1.807, 2.05) is 0 Å². The normalized spacial score (nSPS) is 12.6. The minimum absolute atomic E-state index is 0.00185. The van der Waals surface area contributed by atoms with Crippen LogP contribution in [-0.2, 0) is 14.3 Å². The molecule has 0 fully saturated rings. The van der Waals surface area contributed by atoms with E-state index in [-0.39, 0.29) is 18.5 Å². The van der Waals surface area contributed by atoms with Gasteiger partial charge in [-0.25, -0.2) is 0 Å². The second kappa shape index (κ2) is 36.6. The van der Waals surface area contributed by atoms with Crippen LogP contribution >= 0.6 is 0 Å². The first kappa shape index (κ1) is 43.2. The highest BCUT2D eigenvalue weighted by atomic mass is 16.5. The van der Waals surface area contributed by atoms with E-state index in [2.05, 4.69) is 50.3 Å². The first-order valence-electron chi connectivity index (χ1n) is 19.5. The van der Waals surface area contributed by atoms with Gasteiger partial charge in [0.05, 0.1) is 0 Å². The van der Waals surface area contributed by atoms with E-state index in [4.69, 9.17) is 9.84 Å². The van der Waals surface area contributed by atoms with Gasteiger partial charge in [0.1, 0.15) is 6.10 Å². The Labute approximate surface area is 279 Å². The zero-order valence-electron chi connectivity index (χ0n) is 29.9. The first-order chi connectivity index (χ1) is 22.1. The number of ether oxygens (including phenoxy) is 1. The maximum atomic E-state index is 12.6. The summed E-state index contributed by atoms with van der Waals surface area (Å²) in [6, 6.07) is 0. The number of allylic oxidation sites excluding steroid dienone is 6. The summed E-state index contributed by atoms with van der Waals surface area (Å²) < 4.78 is 5.91. The maximum absolute atomic E-state index is 12.6. The van der Waals surface area contributed by atoms with Gasteiger partial charge in [0.15, 0.2) is 0 Å². The van der Waals surface area contributed by atoms with Gasteiger partial charge in [-0.1, -0.05) is 134 Å². The highest BCUT2D eigenvalue weighted by Gasteiger charge is 2.14. The van der Waals surface area contributed by atoms with Crippen LogP contribution < -0.4 is 0 Å². The Morgan fingerprint density at radius 1 is 0.489 bits per heavy atom. The number of hydrogen-bond acceptors (Lipinski definition) is 3. The number of carbonyl (C=O) groups is 2. The molecule has 0 bridgehead atoms. The van der Waals surface area contributed by atoms with Gasteiger partial charge in [0.25, 0.3) is 0 Å². The molecule has 0 radical (unpaired) electrons. The molecule has 0 saturated carbocycles. The maximum Gasteiger partial charge on any atom is 0.306 e. The molecular formula is C41H74O4. The molecule has 1 unspecified atom stereocenters. The summed E-state index contributed by atoms with van der Waals surface area (Å²) in [4.78, 5) is 23.3.